The van der Waals surface area contributed by atoms with E-state index >= 15 is 0 Å². The Morgan fingerprint density at radius 1 is 0.724 bits per heavy atom. The molecule has 0 aliphatic carbocycles. The summed E-state index contributed by atoms with van der Waals surface area (Å²) in [6.45, 7) is 1.77. The van der Waals surface area contributed by atoms with Gasteiger partial charge in [-0.1, -0.05) is 12.1 Å². The predicted molar refractivity (Wildman–Crippen MR) is 86.9 cm³/mol. The van der Waals surface area contributed by atoms with Crippen molar-refractivity contribution in [3.63, 3.8) is 0 Å². The number of pyridine rings is 2. The third-order valence-corrected chi connectivity index (χ3v) is 2.18. The van der Waals surface area contributed by atoms with Crippen LogP contribution in [0.2, 0.25) is 0 Å². The fourth-order valence-corrected chi connectivity index (χ4v) is 1.38. The molecule has 2 aromatic heterocycles. The molecule has 10 nitrogen and oxygen atoms in total. The van der Waals surface area contributed by atoms with Gasteiger partial charge in [-0.25, -0.2) is 0 Å². The molecule has 0 bridgehead atoms. The van der Waals surface area contributed by atoms with Crippen molar-refractivity contribution in [3.8, 4) is 0 Å². The Morgan fingerprint density at radius 2 is 0.931 bits per heavy atom. The first-order chi connectivity index (χ1) is 11.0. The van der Waals surface area contributed by atoms with E-state index in [1.54, 1.807) is 56.0 Å². The Morgan fingerprint density at radius 3 is 1.10 bits per heavy atom. The van der Waals surface area contributed by atoms with Crippen LogP contribution in [0.25, 0.3) is 0 Å². The Hall–Kier alpha value is -1.68. The number of aliphatic carboxylic acids is 2. The fraction of sp³-hybridized carbons (Fsp3) is 0.250. The van der Waals surface area contributed by atoms with E-state index in [1.807, 2.05) is 12.1 Å². The molecular formula is C16H26Cl2N2O8Pd. The maximum atomic E-state index is 10.0. The molecule has 0 saturated carbocycles. The van der Waals surface area contributed by atoms with E-state index in [0.717, 1.165) is 0 Å². The van der Waals surface area contributed by atoms with Crippen molar-refractivity contribution >= 4 is 11.9 Å². The van der Waals surface area contributed by atoms with Crippen molar-refractivity contribution in [2.24, 2.45) is 0 Å². The minimum Gasteiger partial charge on any atom is -1.00 e. The molecule has 0 fully saturated rings. The average molecular weight is 552 g/mol. The van der Waals surface area contributed by atoms with Gasteiger partial charge < -0.3 is 66.2 Å². The minimum absolute atomic E-state index is 0. The molecule has 0 saturated heterocycles. The zero-order valence-corrected chi connectivity index (χ0v) is 18.5. The Bertz CT molecular complexity index is 532. The zero-order chi connectivity index (χ0) is 17.5. The Kier molecular flexibility index (Phi) is 49.0. The van der Waals surface area contributed by atoms with Crippen LogP contribution in [0.5, 0.6) is 0 Å². The van der Waals surface area contributed by atoms with E-state index < -0.39 is 11.9 Å². The summed E-state index contributed by atoms with van der Waals surface area (Å²) in [7, 11) is 0. The zero-order valence-electron chi connectivity index (χ0n) is 15.4. The summed E-state index contributed by atoms with van der Waals surface area (Å²) in [5, 5.41) is 27.6. The van der Waals surface area contributed by atoms with Crippen LogP contribution in [-0.2, 0) is 43.1 Å². The van der Waals surface area contributed by atoms with Crippen LogP contribution in [-0.4, -0.2) is 40.1 Å². The molecular weight excluding hydrogens is 526 g/mol. The van der Waals surface area contributed by atoms with Gasteiger partial charge in [-0.05, 0) is 6.92 Å². The van der Waals surface area contributed by atoms with E-state index in [4.69, 9.17) is 5.11 Å². The summed E-state index contributed by atoms with van der Waals surface area (Å²) in [4.78, 5) is 20.1. The summed E-state index contributed by atoms with van der Waals surface area (Å²) < 4.78 is 3.07. The molecule has 13 heteroatoms. The standard InChI is InChI=1S/2C7H7NO2.C2H6O.2ClH.3H2O.Pd/c2*9-7(10)6-8-4-2-1-3-5-8;1-2-3;;;;;;/h2*1-5H,6H2;3H,2H2,1H3;2*1H;3*1H2;/q;;;;;;;;+2/p-2. The molecule has 2 rings (SSSR count). The van der Waals surface area contributed by atoms with Crippen molar-refractivity contribution in [3.05, 3.63) is 61.2 Å². The number of nitrogens with zero attached hydrogens (tertiary/aromatic N) is 2. The second-order valence-corrected chi connectivity index (χ2v) is 4.16. The second-order valence-electron chi connectivity index (χ2n) is 4.16. The van der Waals surface area contributed by atoms with Gasteiger partial charge in [0.05, 0.1) is 0 Å². The Balaban J connectivity index is -0.0000000497. The maximum absolute atomic E-state index is 10.0. The molecule has 172 valence electrons. The number of hydrogen-bond donors (Lipinski definition) is 1. The molecule has 0 radical (unpaired) electrons. The van der Waals surface area contributed by atoms with Gasteiger partial charge in [0.1, 0.15) is 11.9 Å². The van der Waals surface area contributed by atoms with Gasteiger partial charge in [0.25, 0.3) is 0 Å². The molecule has 0 amide bonds. The molecule has 0 spiro atoms. The van der Waals surface area contributed by atoms with Crippen molar-refractivity contribution < 1.29 is 95.7 Å². The first-order valence-corrected chi connectivity index (χ1v) is 6.88. The molecule has 7 N–H and O–H groups in total. The number of carboxylic acids is 2. The van der Waals surface area contributed by atoms with Crippen LogP contribution in [0.4, 0.5) is 0 Å². The summed E-state index contributed by atoms with van der Waals surface area (Å²) >= 11 is 0. The number of carbonyl (C=O) groups excluding carboxylic acids is 2. The van der Waals surface area contributed by atoms with Crippen LogP contribution < -0.4 is 44.2 Å². The molecule has 2 aromatic rings. The van der Waals surface area contributed by atoms with Crippen molar-refractivity contribution in [1.82, 2.24) is 0 Å². The molecule has 0 atom stereocenters. The van der Waals surface area contributed by atoms with Gasteiger partial charge in [-0.3, -0.25) is 0 Å². The number of hydrogen-bond acceptors (Lipinski definition) is 5. The topological polar surface area (TPSA) is 203 Å². The van der Waals surface area contributed by atoms with Crippen LogP contribution in [0.1, 0.15) is 6.92 Å². The van der Waals surface area contributed by atoms with Gasteiger partial charge in [-0.15, -0.1) is 0 Å². The predicted octanol–water partition coefficient (Wildman–Crippen LogP) is -11.0. The number of aliphatic hydroxyl groups is 1. The van der Waals surface area contributed by atoms with Crippen LogP contribution in [0.3, 0.4) is 0 Å². The molecule has 0 aromatic carbocycles. The SMILES string of the molecule is CCO.O.O.O.O=C([O-])C[n+]1ccccc1.O=C([O-])C[n+]1ccccc1.[Cl-].[Cl-].[Pd+2]. The minimum atomic E-state index is -1.07. The summed E-state index contributed by atoms with van der Waals surface area (Å²) in [5.74, 6) is -2.15. The average Bonchev–Trinajstić information content (AvgIpc) is 2.49. The van der Waals surface area contributed by atoms with Gasteiger partial charge in [0.15, 0.2) is 37.9 Å². The van der Waals surface area contributed by atoms with Crippen molar-refractivity contribution in [1.29, 1.82) is 0 Å². The van der Waals surface area contributed by atoms with Crippen LogP contribution >= 0.6 is 0 Å². The number of aliphatic hydroxyl groups excluding tert-OH is 1. The Labute approximate surface area is 195 Å². The first-order valence-electron chi connectivity index (χ1n) is 6.88. The second kappa shape index (κ2) is 31.0. The molecule has 0 aliphatic heterocycles. The van der Waals surface area contributed by atoms with Crippen molar-refractivity contribution in [2.75, 3.05) is 6.61 Å². The monoisotopic (exact) mass is 550 g/mol. The third-order valence-electron chi connectivity index (χ3n) is 2.18. The number of halogens is 2. The van der Waals surface area contributed by atoms with E-state index in [0.29, 0.717) is 0 Å². The number of aromatic nitrogens is 2. The summed E-state index contributed by atoms with van der Waals surface area (Å²) in [6, 6.07) is 10.7. The number of carboxylic acid groups (broad SMARTS) is 2. The van der Waals surface area contributed by atoms with Crippen LogP contribution in [0.15, 0.2) is 61.2 Å². The fourth-order valence-electron chi connectivity index (χ4n) is 1.38. The summed E-state index contributed by atoms with van der Waals surface area (Å²) in [6.07, 6.45) is 6.71. The van der Waals surface area contributed by atoms with E-state index in [-0.39, 0.29) is 81.4 Å². The smallest absolute Gasteiger partial charge is 1.00 e. The first kappa shape index (κ1) is 45.8. The van der Waals surface area contributed by atoms with Gasteiger partial charge in [-0.2, -0.15) is 9.13 Å². The third kappa shape index (κ3) is 31.3. The maximum Gasteiger partial charge on any atom is 2.00 e. The van der Waals surface area contributed by atoms with E-state index in [9.17, 15) is 19.8 Å². The quantitative estimate of drug-likeness (QED) is 0.290. The molecule has 2 heterocycles. The molecule has 0 unspecified atom stereocenters. The van der Waals surface area contributed by atoms with Gasteiger partial charge in [0, 0.05) is 30.9 Å². The van der Waals surface area contributed by atoms with Gasteiger partial charge >= 0.3 is 20.4 Å². The normalized spacial score (nSPS) is 6.97. The van der Waals surface area contributed by atoms with Crippen molar-refractivity contribution in [2.45, 2.75) is 20.0 Å². The molecule has 0 aliphatic rings. The van der Waals surface area contributed by atoms with E-state index in [1.165, 1.54) is 9.13 Å². The number of carbonyl (C=O) groups is 2. The largest absolute Gasteiger partial charge is 2.00 e. The van der Waals surface area contributed by atoms with E-state index in [2.05, 4.69) is 0 Å². The van der Waals surface area contributed by atoms with Crippen LogP contribution in [0, 0.1) is 0 Å². The summed E-state index contributed by atoms with van der Waals surface area (Å²) in [5.41, 5.74) is 0. The molecule has 29 heavy (non-hydrogen) atoms. The van der Waals surface area contributed by atoms with Gasteiger partial charge in [0.2, 0.25) is 0 Å². The number of rotatable bonds is 4.